The fourth-order valence-electron chi connectivity index (χ4n) is 1.98. The standard InChI is InChI=1S/C13H13F3N2O2/c14-13(15,16)9-3-1-2-8(6-9)7-17-12(20)10-4-5-11(19)18-10/h1-3,6,10H,4-5,7H2,(H,17,20)(H,18,19). The molecule has 1 aromatic rings. The molecule has 2 rings (SSSR count). The number of halogens is 3. The highest BCUT2D eigenvalue weighted by Crippen LogP contribution is 2.29. The van der Waals surface area contributed by atoms with Gasteiger partial charge in [0, 0.05) is 13.0 Å². The molecule has 1 aliphatic heterocycles. The first-order chi connectivity index (χ1) is 9.36. The normalized spacial score (nSPS) is 18.8. The van der Waals surface area contributed by atoms with Crippen molar-refractivity contribution in [2.75, 3.05) is 0 Å². The first kappa shape index (κ1) is 14.4. The van der Waals surface area contributed by atoms with E-state index < -0.39 is 17.8 Å². The topological polar surface area (TPSA) is 58.2 Å². The van der Waals surface area contributed by atoms with Gasteiger partial charge in [-0.05, 0) is 24.1 Å². The Hall–Kier alpha value is -2.05. The molecule has 1 aromatic carbocycles. The second kappa shape index (κ2) is 5.52. The summed E-state index contributed by atoms with van der Waals surface area (Å²) < 4.78 is 37.6. The van der Waals surface area contributed by atoms with Crippen LogP contribution < -0.4 is 10.6 Å². The summed E-state index contributed by atoms with van der Waals surface area (Å²) in [6, 6.07) is 4.17. The van der Waals surface area contributed by atoms with Crippen LogP contribution in [0.1, 0.15) is 24.0 Å². The quantitative estimate of drug-likeness (QED) is 0.886. The molecule has 0 radical (unpaired) electrons. The molecule has 1 heterocycles. The average molecular weight is 286 g/mol. The van der Waals surface area contributed by atoms with E-state index in [1.165, 1.54) is 12.1 Å². The first-order valence-electron chi connectivity index (χ1n) is 6.09. The van der Waals surface area contributed by atoms with E-state index in [-0.39, 0.29) is 18.4 Å². The Balaban J connectivity index is 1.94. The fraction of sp³-hybridized carbons (Fsp3) is 0.385. The maximum Gasteiger partial charge on any atom is 0.416 e. The van der Waals surface area contributed by atoms with Gasteiger partial charge in [-0.1, -0.05) is 12.1 Å². The number of benzene rings is 1. The van der Waals surface area contributed by atoms with Crippen molar-refractivity contribution in [1.29, 1.82) is 0 Å². The molecule has 1 saturated heterocycles. The summed E-state index contributed by atoms with van der Waals surface area (Å²) in [6.45, 7) is -0.00484. The van der Waals surface area contributed by atoms with E-state index in [2.05, 4.69) is 10.6 Å². The minimum Gasteiger partial charge on any atom is -0.350 e. The summed E-state index contributed by atoms with van der Waals surface area (Å²) in [6.07, 6.45) is -3.70. The molecule has 2 amide bonds. The largest absolute Gasteiger partial charge is 0.416 e. The van der Waals surface area contributed by atoms with Crippen LogP contribution >= 0.6 is 0 Å². The molecule has 0 bridgehead atoms. The molecule has 108 valence electrons. The third kappa shape index (κ3) is 3.49. The summed E-state index contributed by atoms with van der Waals surface area (Å²) in [5.41, 5.74) is -0.393. The number of alkyl halides is 3. The number of rotatable bonds is 3. The molecule has 1 atom stereocenters. The Morgan fingerprint density at radius 3 is 2.75 bits per heavy atom. The maximum absolute atomic E-state index is 12.5. The number of amides is 2. The molecule has 7 heteroatoms. The van der Waals surface area contributed by atoms with Crippen LogP contribution in [-0.2, 0) is 22.3 Å². The third-order valence-corrected chi connectivity index (χ3v) is 3.03. The van der Waals surface area contributed by atoms with Crippen molar-refractivity contribution in [2.24, 2.45) is 0 Å². The third-order valence-electron chi connectivity index (χ3n) is 3.03. The molecule has 1 aliphatic rings. The molecule has 4 nitrogen and oxygen atoms in total. The summed E-state index contributed by atoms with van der Waals surface area (Å²) in [4.78, 5) is 22.7. The molecule has 20 heavy (non-hydrogen) atoms. The predicted molar refractivity (Wildman–Crippen MR) is 64.5 cm³/mol. The van der Waals surface area contributed by atoms with Crippen molar-refractivity contribution in [3.63, 3.8) is 0 Å². The second-order valence-electron chi connectivity index (χ2n) is 4.57. The molecular formula is C13H13F3N2O2. The Labute approximate surface area is 113 Å². The molecular weight excluding hydrogens is 273 g/mol. The lowest BCUT2D eigenvalue weighted by Crippen LogP contribution is -2.41. The smallest absolute Gasteiger partial charge is 0.350 e. The number of carbonyl (C=O) groups is 2. The van der Waals surface area contributed by atoms with Gasteiger partial charge in [-0.25, -0.2) is 0 Å². The monoisotopic (exact) mass is 286 g/mol. The molecule has 1 unspecified atom stereocenters. The number of hydrogen-bond donors (Lipinski definition) is 2. The zero-order chi connectivity index (χ0) is 14.8. The Morgan fingerprint density at radius 2 is 2.15 bits per heavy atom. The number of hydrogen-bond acceptors (Lipinski definition) is 2. The van der Waals surface area contributed by atoms with Crippen molar-refractivity contribution in [1.82, 2.24) is 10.6 Å². The lowest BCUT2D eigenvalue weighted by Gasteiger charge is -2.12. The van der Waals surface area contributed by atoms with E-state index in [4.69, 9.17) is 0 Å². The van der Waals surface area contributed by atoms with Gasteiger partial charge in [-0.3, -0.25) is 9.59 Å². The van der Waals surface area contributed by atoms with Gasteiger partial charge in [0.15, 0.2) is 0 Å². The maximum atomic E-state index is 12.5. The van der Waals surface area contributed by atoms with E-state index >= 15 is 0 Å². The van der Waals surface area contributed by atoms with Crippen molar-refractivity contribution in [3.8, 4) is 0 Å². The molecule has 0 spiro atoms. The van der Waals surface area contributed by atoms with Crippen LogP contribution in [0.15, 0.2) is 24.3 Å². The molecule has 0 saturated carbocycles. The first-order valence-corrected chi connectivity index (χ1v) is 6.09. The highest BCUT2D eigenvalue weighted by atomic mass is 19.4. The molecule has 0 aliphatic carbocycles. The van der Waals surface area contributed by atoms with Gasteiger partial charge in [0.1, 0.15) is 6.04 Å². The van der Waals surface area contributed by atoms with Crippen LogP contribution in [0.5, 0.6) is 0 Å². The zero-order valence-corrected chi connectivity index (χ0v) is 10.5. The van der Waals surface area contributed by atoms with Crippen molar-refractivity contribution in [3.05, 3.63) is 35.4 Å². The van der Waals surface area contributed by atoms with Gasteiger partial charge >= 0.3 is 6.18 Å². The molecule has 2 N–H and O–H groups in total. The highest BCUT2D eigenvalue weighted by molar-refractivity contribution is 5.90. The van der Waals surface area contributed by atoms with Crippen molar-refractivity contribution >= 4 is 11.8 Å². The Bertz CT molecular complexity index is 529. The van der Waals surface area contributed by atoms with E-state index in [0.717, 1.165) is 12.1 Å². The van der Waals surface area contributed by atoms with Gasteiger partial charge in [-0.15, -0.1) is 0 Å². The summed E-state index contributed by atoms with van der Waals surface area (Å²) in [5, 5.41) is 5.01. The zero-order valence-electron chi connectivity index (χ0n) is 10.5. The van der Waals surface area contributed by atoms with Gasteiger partial charge in [0.2, 0.25) is 11.8 Å². The van der Waals surface area contributed by atoms with Crippen LogP contribution in [0, 0.1) is 0 Å². The highest BCUT2D eigenvalue weighted by Gasteiger charge is 2.30. The van der Waals surface area contributed by atoms with Crippen LogP contribution in [0.2, 0.25) is 0 Å². The van der Waals surface area contributed by atoms with Crippen molar-refractivity contribution < 1.29 is 22.8 Å². The van der Waals surface area contributed by atoms with E-state index in [0.29, 0.717) is 18.4 Å². The van der Waals surface area contributed by atoms with Gasteiger partial charge in [0.25, 0.3) is 0 Å². The summed E-state index contributed by atoms with van der Waals surface area (Å²) >= 11 is 0. The lowest BCUT2D eigenvalue weighted by molar-refractivity contribution is -0.137. The minimum absolute atomic E-state index is 0.00484. The van der Waals surface area contributed by atoms with Crippen LogP contribution in [0.3, 0.4) is 0 Å². The van der Waals surface area contributed by atoms with Gasteiger partial charge in [-0.2, -0.15) is 13.2 Å². The second-order valence-corrected chi connectivity index (χ2v) is 4.57. The fourth-order valence-corrected chi connectivity index (χ4v) is 1.98. The Morgan fingerprint density at radius 1 is 1.40 bits per heavy atom. The molecule has 0 aromatic heterocycles. The van der Waals surface area contributed by atoms with Gasteiger partial charge in [0.05, 0.1) is 5.56 Å². The van der Waals surface area contributed by atoms with Gasteiger partial charge < -0.3 is 10.6 Å². The number of nitrogens with one attached hydrogen (secondary N) is 2. The van der Waals surface area contributed by atoms with E-state index in [1.807, 2.05) is 0 Å². The van der Waals surface area contributed by atoms with Crippen LogP contribution in [-0.4, -0.2) is 17.9 Å². The molecule has 1 fully saturated rings. The SMILES string of the molecule is O=C1CCC(C(=O)NCc2cccc(C(F)(F)F)c2)N1. The van der Waals surface area contributed by atoms with Crippen LogP contribution in [0.25, 0.3) is 0 Å². The van der Waals surface area contributed by atoms with E-state index in [1.54, 1.807) is 0 Å². The van der Waals surface area contributed by atoms with E-state index in [9.17, 15) is 22.8 Å². The van der Waals surface area contributed by atoms with Crippen LogP contribution in [0.4, 0.5) is 13.2 Å². The minimum atomic E-state index is -4.40. The van der Waals surface area contributed by atoms with Crippen molar-refractivity contribution in [2.45, 2.75) is 31.6 Å². The summed E-state index contributed by atoms with van der Waals surface area (Å²) in [5.74, 6) is -0.572. The lowest BCUT2D eigenvalue weighted by atomic mass is 10.1. The average Bonchev–Trinajstić information content (AvgIpc) is 2.82. The predicted octanol–water partition coefficient (Wildman–Crippen LogP) is 1.60. The summed E-state index contributed by atoms with van der Waals surface area (Å²) in [7, 11) is 0. The Kier molecular flexibility index (Phi) is 3.96. The number of carbonyl (C=O) groups excluding carboxylic acids is 2.